The van der Waals surface area contributed by atoms with Gasteiger partial charge in [-0.25, -0.2) is 4.39 Å². The molecule has 3 heteroatoms. The van der Waals surface area contributed by atoms with Crippen molar-refractivity contribution in [3.63, 3.8) is 0 Å². The van der Waals surface area contributed by atoms with E-state index < -0.39 is 0 Å². The van der Waals surface area contributed by atoms with Gasteiger partial charge >= 0.3 is 0 Å². The number of furan rings is 1. The Balaban J connectivity index is 2.00. The molecule has 1 N–H and O–H groups in total. The molecule has 2 aromatic rings. The van der Waals surface area contributed by atoms with Crippen LogP contribution < -0.4 is 5.32 Å². The largest absolute Gasteiger partial charge is 0.456 e. The number of hydrogen-bond acceptors (Lipinski definition) is 2. The molecule has 17 heavy (non-hydrogen) atoms. The van der Waals surface area contributed by atoms with E-state index in [9.17, 15) is 4.39 Å². The summed E-state index contributed by atoms with van der Waals surface area (Å²) in [5.41, 5.74) is 1.53. The zero-order valence-corrected chi connectivity index (χ0v) is 9.92. The zero-order chi connectivity index (χ0) is 11.8. The molecule has 0 spiro atoms. The van der Waals surface area contributed by atoms with Gasteiger partial charge in [0.05, 0.1) is 6.54 Å². The Morgan fingerprint density at radius 3 is 2.94 bits per heavy atom. The number of rotatable bonds is 4. The van der Waals surface area contributed by atoms with Crippen molar-refractivity contribution >= 4 is 11.0 Å². The molecule has 2 nitrogen and oxygen atoms in total. The van der Waals surface area contributed by atoms with Gasteiger partial charge in [-0.2, -0.15) is 0 Å². The highest BCUT2D eigenvalue weighted by Crippen LogP contribution is 2.29. The van der Waals surface area contributed by atoms with Gasteiger partial charge in [0.15, 0.2) is 11.4 Å². The molecule has 1 aromatic heterocycles. The van der Waals surface area contributed by atoms with Gasteiger partial charge in [-0.3, -0.25) is 0 Å². The molecule has 1 fully saturated rings. The van der Waals surface area contributed by atoms with E-state index >= 15 is 0 Å². The fourth-order valence-corrected chi connectivity index (χ4v) is 2.24. The second-order valence-corrected chi connectivity index (χ2v) is 4.63. The van der Waals surface area contributed by atoms with Crippen LogP contribution in [0, 0.1) is 5.82 Å². The highest BCUT2D eigenvalue weighted by Gasteiger charge is 2.22. The highest BCUT2D eigenvalue weighted by atomic mass is 19.1. The molecule has 0 bridgehead atoms. The van der Waals surface area contributed by atoms with Crippen LogP contribution in [0.3, 0.4) is 0 Å². The summed E-state index contributed by atoms with van der Waals surface area (Å²) < 4.78 is 19.3. The standard InChI is InChI=1S/C14H16FNO/c1-2-10-11-4-3-5-12(15)14(11)17-13(10)8-16-9-6-7-9/h3-5,9,16H,2,6-8H2,1H3. The van der Waals surface area contributed by atoms with E-state index in [1.807, 2.05) is 6.07 Å². The third kappa shape index (κ3) is 1.95. The summed E-state index contributed by atoms with van der Waals surface area (Å²) in [5, 5.41) is 4.33. The minimum atomic E-state index is -0.269. The fraction of sp³-hybridized carbons (Fsp3) is 0.429. The number of halogens is 1. The smallest absolute Gasteiger partial charge is 0.170 e. The molecule has 0 aliphatic heterocycles. The predicted molar refractivity (Wildman–Crippen MR) is 65.4 cm³/mol. The number of fused-ring (bicyclic) bond motifs is 1. The van der Waals surface area contributed by atoms with Gasteiger partial charge in [-0.05, 0) is 25.3 Å². The Labute approximate surface area is 99.8 Å². The first-order valence-electron chi connectivity index (χ1n) is 6.21. The van der Waals surface area contributed by atoms with Crippen molar-refractivity contribution in [1.82, 2.24) is 5.32 Å². The summed E-state index contributed by atoms with van der Waals surface area (Å²) >= 11 is 0. The van der Waals surface area contributed by atoms with Crippen molar-refractivity contribution in [1.29, 1.82) is 0 Å². The Bertz CT molecular complexity index is 542. The summed E-state index contributed by atoms with van der Waals surface area (Å²) in [7, 11) is 0. The minimum absolute atomic E-state index is 0.269. The molecule has 1 heterocycles. The highest BCUT2D eigenvalue weighted by molar-refractivity contribution is 5.82. The van der Waals surface area contributed by atoms with Crippen molar-refractivity contribution in [2.45, 2.75) is 38.8 Å². The van der Waals surface area contributed by atoms with Crippen LogP contribution in [0.15, 0.2) is 22.6 Å². The van der Waals surface area contributed by atoms with E-state index in [1.54, 1.807) is 6.07 Å². The molecule has 3 rings (SSSR count). The van der Waals surface area contributed by atoms with E-state index in [0.717, 1.165) is 23.1 Å². The van der Waals surface area contributed by atoms with Crippen LogP contribution >= 0.6 is 0 Å². The maximum atomic E-state index is 13.6. The number of aryl methyl sites for hydroxylation is 1. The van der Waals surface area contributed by atoms with Crippen molar-refractivity contribution in [2.24, 2.45) is 0 Å². The molecule has 1 aromatic carbocycles. The number of hydrogen-bond donors (Lipinski definition) is 1. The van der Waals surface area contributed by atoms with Gasteiger partial charge in [-0.15, -0.1) is 0 Å². The lowest BCUT2D eigenvalue weighted by Crippen LogP contribution is -2.15. The number of para-hydroxylation sites is 1. The lowest BCUT2D eigenvalue weighted by molar-refractivity contribution is 0.490. The van der Waals surface area contributed by atoms with Crippen molar-refractivity contribution < 1.29 is 8.81 Å². The van der Waals surface area contributed by atoms with Gasteiger partial charge in [0, 0.05) is 17.0 Å². The molecule has 1 aliphatic rings. The molecule has 0 amide bonds. The molecule has 0 radical (unpaired) electrons. The topological polar surface area (TPSA) is 25.2 Å². The van der Waals surface area contributed by atoms with Crippen LogP contribution in [0.4, 0.5) is 4.39 Å². The molecule has 0 atom stereocenters. The Hall–Kier alpha value is -1.35. The molecule has 0 saturated heterocycles. The van der Waals surface area contributed by atoms with Crippen LogP contribution in [-0.2, 0) is 13.0 Å². The van der Waals surface area contributed by atoms with Gasteiger partial charge in [0.25, 0.3) is 0 Å². The Morgan fingerprint density at radius 1 is 1.41 bits per heavy atom. The average molecular weight is 233 g/mol. The molecule has 0 unspecified atom stereocenters. The quantitative estimate of drug-likeness (QED) is 0.875. The van der Waals surface area contributed by atoms with E-state index in [4.69, 9.17) is 4.42 Å². The first kappa shape index (κ1) is 10.8. The third-order valence-electron chi connectivity index (χ3n) is 3.34. The normalized spacial score (nSPS) is 15.6. The summed E-state index contributed by atoms with van der Waals surface area (Å²) in [6.07, 6.45) is 3.37. The van der Waals surface area contributed by atoms with Crippen LogP contribution in [0.25, 0.3) is 11.0 Å². The van der Waals surface area contributed by atoms with Gasteiger partial charge in [0.2, 0.25) is 0 Å². The number of nitrogens with one attached hydrogen (secondary N) is 1. The first-order chi connectivity index (χ1) is 8.29. The van der Waals surface area contributed by atoms with Crippen LogP contribution in [0.1, 0.15) is 31.1 Å². The second-order valence-electron chi connectivity index (χ2n) is 4.63. The summed E-state index contributed by atoms with van der Waals surface area (Å²) in [4.78, 5) is 0. The lowest BCUT2D eigenvalue weighted by atomic mass is 10.1. The third-order valence-corrected chi connectivity index (χ3v) is 3.34. The van der Waals surface area contributed by atoms with Crippen molar-refractivity contribution in [2.75, 3.05) is 0 Å². The second kappa shape index (κ2) is 4.15. The van der Waals surface area contributed by atoms with E-state index in [0.29, 0.717) is 18.2 Å². The molecule has 90 valence electrons. The van der Waals surface area contributed by atoms with Crippen molar-refractivity contribution in [3.8, 4) is 0 Å². The summed E-state index contributed by atoms with van der Waals surface area (Å²) in [6, 6.07) is 5.76. The zero-order valence-electron chi connectivity index (χ0n) is 9.92. The maximum Gasteiger partial charge on any atom is 0.170 e. The van der Waals surface area contributed by atoms with Crippen LogP contribution in [0.5, 0.6) is 0 Å². The fourth-order valence-electron chi connectivity index (χ4n) is 2.24. The minimum Gasteiger partial charge on any atom is -0.456 e. The van der Waals surface area contributed by atoms with Gasteiger partial charge in [0.1, 0.15) is 5.76 Å². The molecular weight excluding hydrogens is 217 g/mol. The van der Waals surface area contributed by atoms with Crippen molar-refractivity contribution in [3.05, 3.63) is 35.3 Å². The predicted octanol–water partition coefficient (Wildman–Crippen LogP) is 3.39. The van der Waals surface area contributed by atoms with E-state index in [2.05, 4.69) is 12.2 Å². The molecular formula is C14H16FNO. The average Bonchev–Trinajstić information content (AvgIpc) is 3.08. The van der Waals surface area contributed by atoms with Crippen LogP contribution in [-0.4, -0.2) is 6.04 Å². The Kier molecular flexibility index (Phi) is 2.63. The van der Waals surface area contributed by atoms with E-state index in [-0.39, 0.29) is 5.82 Å². The lowest BCUT2D eigenvalue weighted by Gasteiger charge is -2.01. The van der Waals surface area contributed by atoms with Gasteiger partial charge in [-0.1, -0.05) is 19.1 Å². The monoisotopic (exact) mass is 233 g/mol. The van der Waals surface area contributed by atoms with E-state index in [1.165, 1.54) is 18.9 Å². The Morgan fingerprint density at radius 2 is 2.24 bits per heavy atom. The summed E-state index contributed by atoms with van der Waals surface area (Å²) in [5.74, 6) is 0.620. The SMILES string of the molecule is CCc1c(CNC2CC2)oc2c(F)cccc12. The van der Waals surface area contributed by atoms with Gasteiger partial charge < -0.3 is 9.73 Å². The number of benzene rings is 1. The van der Waals surface area contributed by atoms with Crippen LogP contribution in [0.2, 0.25) is 0 Å². The summed E-state index contributed by atoms with van der Waals surface area (Å²) in [6.45, 7) is 2.79. The molecule has 1 saturated carbocycles. The molecule has 1 aliphatic carbocycles. The maximum absolute atomic E-state index is 13.6. The first-order valence-corrected chi connectivity index (χ1v) is 6.21.